The number of nitrogens with zero attached hydrogens (tertiary/aromatic N) is 2. The molecule has 0 aliphatic carbocycles. The summed E-state index contributed by atoms with van der Waals surface area (Å²) in [5.41, 5.74) is 0.804. The molecule has 1 N–H and O–H groups in total. The van der Waals surface area contributed by atoms with Crippen LogP contribution in [-0.4, -0.2) is 12.1 Å². The molecule has 0 saturated carbocycles. The van der Waals surface area contributed by atoms with Crippen molar-refractivity contribution in [2.24, 2.45) is 0 Å². The maximum absolute atomic E-state index is 13.3. The largest absolute Gasteiger partial charge is 0.497 e. The Hall–Kier alpha value is -2.61. The SMILES string of the molecule is COc1cc(F)cc(Nc2cccc(C#N)n2)c1. The van der Waals surface area contributed by atoms with E-state index in [1.54, 1.807) is 24.3 Å². The first-order valence-electron chi connectivity index (χ1n) is 5.20. The zero-order chi connectivity index (χ0) is 13.0. The molecular weight excluding hydrogens is 233 g/mol. The van der Waals surface area contributed by atoms with Gasteiger partial charge < -0.3 is 10.1 Å². The van der Waals surface area contributed by atoms with Crippen molar-refractivity contribution in [2.45, 2.75) is 0 Å². The van der Waals surface area contributed by atoms with E-state index in [1.807, 2.05) is 6.07 Å². The van der Waals surface area contributed by atoms with Gasteiger partial charge in [-0.3, -0.25) is 0 Å². The first-order valence-corrected chi connectivity index (χ1v) is 5.20. The highest BCUT2D eigenvalue weighted by molar-refractivity contribution is 5.58. The molecule has 90 valence electrons. The lowest BCUT2D eigenvalue weighted by molar-refractivity contribution is 0.411. The minimum absolute atomic E-state index is 0.295. The van der Waals surface area contributed by atoms with Gasteiger partial charge in [-0.2, -0.15) is 5.26 Å². The number of hydrogen-bond donors (Lipinski definition) is 1. The second kappa shape index (κ2) is 5.15. The molecule has 1 heterocycles. The summed E-state index contributed by atoms with van der Waals surface area (Å²) < 4.78 is 18.2. The van der Waals surface area contributed by atoms with Gasteiger partial charge in [0.05, 0.1) is 7.11 Å². The Kier molecular flexibility index (Phi) is 3.39. The fourth-order valence-corrected chi connectivity index (χ4v) is 1.47. The van der Waals surface area contributed by atoms with Crippen LogP contribution < -0.4 is 10.1 Å². The van der Waals surface area contributed by atoms with Gasteiger partial charge in [0.15, 0.2) is 0 Å². The van der Waals surface area contributed by atoms with Crippen LogP contribution in [0.1, 0.15) is 5.69 Å². The molecule has 2 aromatic rings. The highest BCUT2D eigenvalue weighted by Crippen LogP contribution is 2.22. The molecule has 0 fully saturated rings. The number of nitriles is 1. The maximum atomic E-state index is 13.3. The molecule has 0 radical (unpaired) electrons. The number of halogens is 1. The highest BCUT2D eigenvalue weighted by atomic mass is 19.1. The molecule has 5 heteroatoms. The van der Waals surface area contributed by atoms with Gasteiger partial charge in [-0.25, -0.2) is 9.37 Å². The summed E-state index contributed by atoms with van der Waals surface area (Å²) in [6.45, 7) is 0. The molecule has 18 heavy (non-hydrogen) atoms. The van der Waals surface area contributed by atoms with Gasteiger partial charge in [-0.1, -0.05) is 6.07 Å². The third-order valence-electron chi connectivity index (χ3n) is 2.24. The highest BCUT2D eigenvalue weighted by Gasteiger charge is 2.03. The van der Waals surface area contributed by atoms with E-state index in [9.17, 15) is 4.39 Å². The Balaban J connectivity index is 2.28. The van der Waals surface area contributed by atoms with Crippen molar-refractivity contribution < 1.29 is 9.13 Å². The van der Waals surface area contributed by atoms with Crippen molar-refractivity contribution in [2.75, 3.05) is 12.4 Å². The molecule has 1 aromatic carbocycles. The number of pyridine rings is 1. The summed E-state index contributed by atoms with van der Waals surface area (Å²) in [6.07, 6.45) is 0. The monoisotopic (exact) mass is 243 g/mol. The summed E-state index contributed by atoms with van der Waals surface area (Å²) in [4.78, 5) is 4.04. The summed E-state index contributed by atoms with van der Waals surface area (Å²) in [7, 11) is 1.47. The lowest BCUT2D eigenvalue weighted by Gasteiger charge is -2.07. The molecule has 1 aromatic heterocycles. The Morgan fingerprint density at radius 3 is 2.89 bits per heavy atom. The van der Waals surface area contributed by atoms with Crippen LogP contribution in [0.4, 0.5) is 15.9 Å². The van der Waals surface area contributed by atoms with Gasteiger partial charge in [0.1, 0.15) is 29.1 Å². The molecule has 4 nitrogen and oxygen atoms in total. The first-order chi connectivity index (χ1) is 8.71. The van der Waals surface area contributed by atoms with Crippen LogP contribution in [0.25, 0.3) is 0 Å². The normalized spacial score (nSPS) is 9.61. The summed E-state index contributed by atoms with van der Waals surface area (Å²) in [5, 5.41) is 11.6. The Morgan fingerprint density at radius 1 is 1.33 bits per heavy atom. The van der Waals surface area contributed by atoms with Crippen molar-refractivity contribution in [3.63, 3.8) is 0 Å². The maximum Gasteiger partial charge on any atom is 0.142 e. The van der Waals surface area contributed by atoms with E-state index >= 15 is 0 Å². The third kappa shape index (κ3) is 2.74. The summed E-state index contributed by atoms with van der Waals surface area (Å²) >= 11 is 0. The lowest BCUT2D eigenvalue weighted by atomic mass is 10.3. The quantitative estimate of drug-likeness (QED) is 0.900. The van der Waals surface area contributed by atoms with Crippen LogP contribution in [0.15, 0.2) is 36.4 Å². The number of anilines is 2. The number of aromatic nitrogens is 1. The zero-order valence-electron chi connectivity index (χ0n) is 9.64. The number of methoxy groups -OCH3 is 1. The molecule has 0 atom stereocenters. The van der Waals surface area contributed by atoms with E-state index in [4.69, 9.17) is 10.00 Å². The molecular formula is C13H10FN3O. The molecule has 0 aliphatic heterocycles. The number of hydrogen-bond acceptors (Lipinski definition) is 4. The average molecular weight is 243 g/mol. The van der Waals surface area contributed by atoms with Crippen LogP contribution in [0.5, 0.6) is 5.75 Å². The number of nitrogens with one attached hydrogen (secondary N) is 1. The van der Waals surface area contributed by atoms with E-state index in [0.717, 1.165) is 0 Å². The molecule has 0 saturated heterocycles. The lowest BCUT2D eigenvalue weighted by Crippen LogP contribution is -1.96. The van der Waals surface area contributed by atoms with E-state index in [1.165, 1.54) is 19.2 Å². The second-order valence-corrected chi connectivity index (χ2v) is 3.52. The Labute approximate surface area is 104 Å². The van der Waals surface area contributed by atoms with Gasteiger partial charge in [-0.15, -0.1) is 0 Å². The fourth-order valence-electron chi connectivity index (χ4n) is 1.47. The van der Waals surface area contributed by atoms with E-state index in [2.05, 4.69) is 10.3 Å². The molecule has 0 aliphatic rings. The van der Waals surface area contributed by atoms with Gasteiger partial charge in [0.25, 0.3) is 0 Å². The van der Waals surface area contributed by atoms with E-state index < -0.39 is 5.82 Å². The zero-order valence-corrected chi connectivity index (χ0v) is 9.64. The number of rotatable bonds is 3. The molecule has 0 spiro atoms. The Morgan fingerprint density at radius 2 is 2.17 bits per heavy atom. The fraction of sp³-hybridized carbons (Fsp3) is 0.0769. The van der Waals surface area contributed by atoms with Crippen molar-refractivity contribution in [3.8, 4) is 11.8 Å². The number of ether oxygens (including phenoxy) is 1. The minimum Gasteiger partial charge on any atom is -0.497 e. The van der Waals surface area contributed by atoms with Crippen LogP contribution >= 0.6 is 0 Å². The van der Waals surface area contributed by atoms with Crippen LogP contribution in [0.3, 0.4) is 0 Å². The van der Waals surface area contributed by atoms with Crippen molar-refractivity contribution in [1.29, 1.82) is 5.26 Å². The first kappa shape index (κ1) is 11.9. The van der Waals surface area contributed by atoms with Gasteiger partial charge >= 0.3 is 0 Å². The van der Waals surface area contributed by atoms with E-state index in [-0.39, 0.29) is 0 Å². The topological polar surface area (TPSA) is 57.9 Å². The van der Waals surface area contributed by atoms with Crippen LogP contribution in [0.2, 0.25) is 0 Å². The van der Waals surface area contributed by atoms with Gasteiger partial charge in [-0.05, 0) is 18.2 Å². The van der Waals surface area contributed by atoms with Crippen LogP contribution in [0, 0.1) is 17.1 Å². The summed E-state index contributed by atoms with van der Waals surface area (Å²) in [6, 6.07) is 11.2. The van der Waals surface area contributed by atoms with Crippen molar-refractivity contribution in [3.05, 3.63) is 47.9 Å². The second-order valence-electron chi connectivity index (χ2n) is 3.52. The molecule has 0 bridgehead atoms. The molecule has 0 amide bonds. The number of benzene rings is 1. The molecule has 0 unspecified atom stereocenters. The van der Waals surface area contributed by atoms with Gasteiger partial charge in [0.2, 0.25) is 0 Å². The standard InChI is InChI=1S/C13H10FN3O/c1-18-12-6-9(14)5-11(7-12)17-13-4-2-3-10(8-15)16-13/h2-7H,1H3,(H,16,17). The van der Waals surface area contributed by atoms with Crippen molar-refractivity contribution in [1.82, 2.24) is 4.98 Å². The minimum atomic E-state index is -0.409. The molecule has 2 rings (SSSR count). The van der Waals surface area contributed by atoms with Crippen molar-refractivity contribution >= 4 is 11.5 Å². The van der Waals surface area contributed by atoms with E-state index in [0.29, 0.717) is 22.9 Å². The Bertz CT molecular complexity index is 607. The predicted molar refractivity (Wildman–Crippen MR) is 65.2 cm³/mol. The van der Waals surface area contributed by atoms with Crippen LogP contribution in [-0.2, 0) is 0 Å². The smallest absolute Gasteiger partial charge is 0.142 e. The van der Waals surface area contributed by atoms with Gasteiger partial charge in [0, 0.05) is 17.8 Å². The average Bonchev–Trinajstić information content (AvgIpc) is 2.38. The summed E-state index contributed by atoms with van der Waals surface area (Å²) in [5.74, 6) is 0.476. The predicted octanol–water partition coefficient (Wildman–Crippen LogP) is 2.84. The third-order valence-corrected chi connectivity index (χ3v) is 2.24.